The lowest BCUT2D eigenvalue weighted by atomic mass is 10.1. The second kappa shape index (κ2) is 3.09. The molecule has 1 saturated carbocycles. The van der Waals surface area contributed by atoms with Gasteiger partial charge in [0.15, 0.2) is 0 Å². The lowest BCUT2D eigenvalue weighted by molar-refractivity contribution is 0.690. The van der Waals surface area contributed by atoms with Crippen molar-refractivity contribution in [1.82, 2.24) is 10.2 Å². The Morgan fingerprint density at radius 2 is 1.92 bits per heavy atom. The van der Waals surface area contributed by atoms with Gasteiger partial charge >= 0.3 is 0 Å². The van der Waals surface area contributed by atoms with E-state index in [-0.39, 0.29) is 5.56 Å². The summed E-state index contributed by atoms with van der Waals surface area (Å²) in [5, 5.41) is 5.52. The summed E-state index contributed by atoms with van der Waals surface area (Å²) in [5.41, 5.74) is 1.01. The molecule has 3 nitrogen and oxygen atoms in total. The normalized spacial score (nSPS) is 18.8. The Bertz CT molecular complexity index is 322. The fraction of sp³-hybridized carbons (Fsp3) is 0.625. The topological polar surface area (TPSA) is 48.6 Å². The lowest BCUT2D eigenvalue weighted by Crippen LogP contribution is -1.99. The zero-order chi connectivity index (χ0) is 8.55. The van der Waals surface area contributed by atoms with Gasteiger partial charge in [-0.15, -0.1) is 0 Å². The quantitative estimate of drug-likeness (QED) is 0.764. The first-order valence-electron chi connectivity index (χ1n) is 4.25. The standard InChI is InChI=1S/C8H11BrN2O/c9-6-7(10-11-8(6)12)5-3-1-2-4-5/h5H,1-4H2,(H2,10,11,12). The molecule has 2 N–H and O–H groups in total. The lowest BCUT2D eigenvalue weighted by Gasteiger charge is -2.04. The molecule has 1 fully saturated rings. The molecule has 0 unspecified atom stereocenters. The van der Waals surface area contributed by atoms with E-state index in [0.717, 1.165) is 5.69 Å². The van der Waals surface area contributed by atoms with Gasteiger partial charge in [0.25, 0.3) is 5.56 Å². The van der Waals surface area contributed by atoms with Crippen LogP contribution in [0, 0.1) is 0 Å². The molecule has 0 saturated heterocycles. The van der Waals surface area contributed by atoms with Crippen LogP contribution in [0.25, 0.3) is 0 Å². The highest BCUT2D eigenvalue weighted by Crippen LogP contribution is 2.34. The van der Waals surface area contributed by atoms with Crippen molar-refractivity contribution in [2.45, 2.75) is 31.6 Å². The summed E-state index contributed by atoms with van der Waals surface area (Å²) >= 11 is 3.29. The molecule has 1 heterocycles. The van der Waals surface area contributed by atoms with Crippen molar-refractivity contribution in [1.29, 1.82) is 0 Å². The summed E-state index contributed by atoms with van der Waals surface area (Å²) in [6.45, 7) is 0. The van der Waals surface area contributed by atoms with Crippen molar-refractivity contribution in [3.63, 3.8) is 0 Å². The van der Waals surface area contributed by atoms with Crippen molar-refractivity contribution in [2.75, 3.05) is 0 Å². The number of halogens is 1. The molecule has 0 spiro atoms. The first-order valence-corrected chi connectivity index (χ1v) is 5.04. The van der Waals surface area contributed by atoms with Gasteiger partial charge in [-0.05, 0) is 28.8 Å². The molecule has 1 aromatic rings. The van der Waals surface area contributed by atoms with Gasteiger partial charge in [-0.2, -0.15) is 0 Å². The van der Waals surface area contributed by atoms with Gasteiger partial charge in [0, 0.05) is 5.92 Å². The van der Waals surface area contributed by atoms with Crippen molar-refractivity contribution >= 4 is 15.9 Å². The predicted octanol–water partition coefficient (Wildman–Crippen LogP) is 2.12. The number of aromatic nitrogens is 2. The minimum absolute atomic E-state index is 0.0445. The average Bonchev–Trinajstić information content (AvgIpc) is 2.64. The summed E-state index contributed by atoms with van der Waals surface area (Å²) in [7, 11) is 0. The smallest absolute Gasteiger partial charge is 0.278 e. The molecule has 12 heavy (non-hydrogen) atoms. The Balaban J connectivity index is 2.32. The largest absolute Gasteiger partial charge is 0.301 e. The van der Waals surface area contributed by atoms with E-state index in [0.29, 0.717) is 10.4 Å². The van der Waals surface area contributed by atoms with Gasteiger partial charge in [0.05, 0.1) is 5.69 Å². The van der Waals surface area contributed by atoms with E-state index < -0.39 is 0 Å². The molecular formula is C8H11BrN2O. The average molecular weight is 231 g/mol. The molecule has 0 bridgehead atoms. The zero-order valence-electron chi connectivity index (χ0n) is 6.69. The summed E-state index contributed by atoms with van der Waals surface area (Å²) in [4.78, 5) is 11.1. The summed E-state index contributed by atoms with van der Waals surface area (Å²) in [6.07, 6.45) is 4.97. The van der Waals surface area contributed by atoms with Crippen molar-refractivity contribution in [3.8, 4) is 0 Å². The van der Waals surface area contributed by atoms with Gasteiger partial charge in [-0.1, -0.05) is 12.8 Å². The number of hydrogen-bond donors (Lipinski definition) is 2. The molecule has 0 aliphatic heterocycles. The van der Waals surface area contributed by atoms with Crippen LogP contribution in [0.4, 0.5) is 0 Å². The van der Waals surface area contributed by atoms with Gasteiger partial charge in [0.2, 0.25) is 0 Å². The predicted molar refractivity (Wildman–Crippen MR) is 50.3 cm³/mol. The third kappa shape index (κ3) is 1.24. The first-order chi connectivity index (χ1) is 5.79. The van der Waals surface area contributed by atoms with Crippen LogP contribution >= 0.6 is 15.9 Å². The van der Waals surface area contributed by atoms with E-state index in [2.05, 4.69) is 26.1 Å². The van der Waals surface area contributed by atoms with E-state index in [9.17, 15) is 4.79 Å². The fourth-order valence-electron chi connectivity index (χ4n) is 1.85. The molecule has 66 valence electrons. The maximum atomic E-state index is 11.1. The van der Waals surface area contributed by atoms with Crippen LogP contribution in [0.2, 0.25) is 0 Å². The van der Waals surface area contributed by atoms with E-state index in [1.54, 1.807) is 0 Å². The van der Waals surface area contributed by atoms with E-state index in [4.69, 9.17) is 0 Å². The van der Waals surface area contributed by atoms with E-state index in [1.165, 1.54) is 25.7 Å². The second-order valence-corrected chi connectivity index (χ2v) is 4.08. The number of hydrogen-bond acceptors (Lipinski definition) is 1. The van der Waals surface area contributed by atoms with Crippen LogP contribution in [-0.2, 0) is 0 Å². The summed E-state index contributed by atoms with van der Waals surface area (Å²) in [5.74, 6) is 0.554. The molecule has 0 radical (unpaired) electrons. The summed E-state index contributed by atoms with van der Waals surface area (Å²) in [6, 6.07) is 0. The van der Waals surface area contributed by atoms with E-state index >= 15 is 0 Å². The molecule has 1 aromatic heterocycles. The monoisotopic (exact) mass is 230 g/mol. The van der Waals surface area contributed by atoms with Crippen LogP contribution in [0.15, 0.2) is 9.27 Å². The minimum atomic E-state index is -0.0445. The van der Waals surface area contributed by atoms with Crippen LogP contribution in [0.1, 0.15) is 37.3 Å². The van der Waals surface area contributed by atoms with Gasteiger partial charge in [-0.25, -0.2) is 0 Å². The van der Waals surface area contributed by atoms with Crippen molar-refractivity contribution < 1.29 is 0 Å². The number of aromatic amines is 2. The van der Waals surface area contributed by atoms with Crippen molar-refractivity contribution in [2.24, 2.45) is 0 Å². The third-order valence-corrected chi connectivity index (χ3v) is 3.30. The third-order valence-electron chi connectivity index (χ3n) is 2.51. The van der Waals surface area contributed by atoms with Gasteiger partial charge < -0.3 is 5.10 Å². The van der Waals surface area contributed by atoms with Crippen molar-refractivity contribution in [3.05, 3.63) is 20.5 Å². The Kier molecular flexibility index (Phi) is 2.09. The zero-order valence-corrected chi connectivity index (χ0v) is 8.28. The maximum Gasteiger partial charge on any atom is 0.278 e. The highest BCUT2D eigenvalue weighted by Gasteiger charge is 2.21. The van der Waals surface area contributed by atoms with Crippen LogP contribution in [0.3, 0.4) is 0 Å². The first kappa shape index (κ1) is 8.10. The molecule has 2 rings (SSSR count). The summed E-state index contributed by atoms with van der Waals surface area (Å²) < 4.78 is 0.689. The SMILES string of the molecule is O=c1[nH][nH]c(C2CCCC2)c1Br. The Labute approximate surface area is 78.7 Å². The molecule has 0 amide bonds. The molecule has 4 heteroatoms. The molecular weight excluding hydrogens is 220 g/mol. The van der Waals surface area contributed by atoms with E-state index in [1.807, 2.05) is 0 Å². The number of nitrogens with one attached hydrogen (secondary N) is 2. The van der Waals surface area contributed by atoms with Gasteiger partial charge in [-0.3, -0.25) is 9.89 Å². The Morgan fingerprint density at radius 1 is 1.25 bits per heavy atom. The minimum Gasteiger partial charge on any atom is -0.301 e. The second-order valence-electron chi connectivity index (χ2n) is 3.29. The molecule has 1 aliphatic rings. The maximum absolute atomic E-state index is 11.1. The molecule has 1 aliphatic carbocycles. The van der Waals surface area contributed by atoms with Crippen LogP contribution in [0.5, 0.6) is 0 Å². The number of rotatable bonds is 1. The Hall–Kier alpha value is -0.510. The fourth-order valence-corrected chi connectivity index (χ4v) is 2.37. The van der Waals surface area contributed by atoms with Gasteiger partial charge in [0.1, 0.15) is 4.47 Å². The highest BCUT2D eigenvalue weighted by atomic mass is 79.9. The van der Waals surface area contributed by atoms with Crippen LogP contribution < -0.4 is 5.56 Å². The highest BCUT2D eigenvalue weighted by molar-refractivity contribution is 9.10. The van der Waals surface area contributed by atoms with Crippen LogP contribution in [-0.4, -0.2) is 10.2 Å². The molecule has 0 atom stereocenters. The number of H-pyrrole nitrogens is 2. The molecule has 0 aromatic carbocycles. The Morgan fingerprint density at radius 3 is 2.42 bits per heavy atom.